The molecule has 7 heteroatoms. The van der Waals surface area contributed by atoms with Crippen LogP contribution in [0.2, 0.25) is 0 Å². The molecule has 0 N–H and O–H groups in total. The van der Waals surface area contributed by atoms with Gasteiger partial charge in [-0.25, -0.2) is 9.18 Å². The average Bonchev–Trinajstić information content (AvgIpc) is 3.22. The number of aromatic nitrogens is 2. The maximum Gasteiger partial charge on any atom is 0.331 e. The van der Waals surface area contributed by atoms with Crippen LogP contribution in [0.5, 0.6) is 0 Å². The zero-order valence-electron chi connectivity index (χ0n) is 11.8. The maximum absolute atomic E-state index is 13.0. The van der Waals surface area contributed by atoms with Crippen LogP contribution in [-0.2, 0) is 16.1 Å². The topological polar surface area (TPSA) is 78.4 Å². The summed E-state index contributed by atoms with van der Waals surface area (Å²) in [6.07, 6.45) is 4.13. The van der Waals surface area contributed by atoms with Gasteiger partial charge in [-0.3, -0.25) is 0 Å². The predicted octanol–water partition coefficient (Wildman–Crippen LogP) is 3.23. The van der Waals surface area contributed by atoms with Crippen molar-refractivity contribution in [2.45, 2.75) is 6.61 Å². The largest absolute Gasteiger partial charge is 0.459 e. The van der Waals surface area contributed by atoms with Crippen LogP contribution in [0.1, 0.15) is 11.5 Å². The lowest BCUT2D eigenvalue weighted by atomic mass is 10.2. The molecule has 2 heterocycles. The number of ether oxygens (including phenoxy) is 1. The van der Waals surface area contributed by atoms with Crippen LogP contribution < -0.4 is 0 Å². The van der Waals surface area contributed by atoms with Crippen molar-refractivity contribution in [3.05, 3.63) is 66.0 Å². The number of nitrogens with zero attached hydrogens (tertiary/aromatic N) is 2. The van der Waals surface area contributed by atoms with Gasteiger partial charge in [-0.15, -0.1) is 10.2 Å². The van der Waals surface area contributed by atoms with E-state index in [1.165, 1.54) is 30.5 Å². The maximum atomic E-state index is 13.0. The van der Waals surface area contributed by atoms with Crippen molar-refractivity contribution >= 4 is 12.0 Å². The number of hydrogen-bond acceptors (Lipinski definition) is 6. The van der Waals surface area contributed by atoms with Gasteiger partial charge in [0.2, 0.25) is 0 Å². The lowest BCUT2D eigenvalue weighted by Gasteiger charge is -1.97. The molecular weight excluding hydrogens is 303 g/mol. The quantitative estimate of drug-likeness (QED) is 0.531. The zero-order chi connectivity index (χ0) is 16.1. The zero-order valence-corrected chi connectivity index (χ0v) is 11.8. The molecule has 3 rings (SSSR count). The highest BCUT2D eigenvalue weighted by atomic mass is 19.1. The first-order valence-corrected chi connectivity index (χ1v) is 6.67. The van der Waals surface area contributed by atoms with E-state index < -0.39 is 5.97 Å². The molecule has 0 aliphatic rings. The Morgan fingerprint density at radius 1 is 1.26 bits per heavy atom. The van der Waals surface area contributed by atoms with Gasteiger partial charge in [0.25, 0.3) is 11.8 Å². The molecule has 0 fully saturated rings. The Labute approximate surface area is 130 Å². The minimum atomic E-state index is -0.605. The van der Waals surface area contributed by atoms with Crippen molar-refractivity contribution in [1.82, 2.24) is 10.2 Å². The first kappa shape index (κ1) is 14.7. The molecule has 0 unspecified atom stereocenters. The predicted molar refractivity (Wildman–Crippen MR) is 77.2 cm³/mol. The number of benzene rings is 1. The summed E-state index contributed by atoms with van der Waals surface area (Å²) in [5.41, 5.74) is 0.555. The summed E-state index contributed by atoms with van der Waals surface area (Å²) in [6, 6.07) is 9.20. The molecular formula is C16H11FN2O4. The molecule has 0 aliphatic carbocycles. The van der Waals surface area contributed by atoms with Crippen molar-refractivity contribution in [1.29, 1.82) is 0 Å². The second-order valence-corrected chi connectivity index (χ2v) is 4.47. The van der Waals surface area contributed by atoms with Crippen molar-refractivity contribution in [2.24, 2.45) is 0 Å². The summed E-state index contributed by atoms with van der Waals surface area (Å²) in [7, 11) is 0. The lowest BCUT2D eigenvalue weighted by Crippen LogP contribution is -2.00. The third kappa shape index (κ3) is 3.91. The number of carbonyl (C=O) groups is 1. The second-order valence-electron chi connectivity index (χ2n) is 4.47. The Morgan fingerprint density at radius 2 is 2.17 bits per heavy atom. The first-order valence-electron chi connectivity index (χ1n) is 6.67. The minimum Gasteiger partial charge on any atom is -0.459 e. The average molecular weight is 314 g/mol. The number of rotatable bonds is 5. The van der Waals surface area contributed by atoms with Crippen LogP contribution in [0.3, 0.4) is 0 Å². The fraction of sp³-hybridized carbons (Fsp3) is 0.0625. The molecule has 23 heavy (non-hydrogen) atoms. The van der Waals surface area contributed by atoms with Crippen molar-refractivity contribution < 1.29 is 22.8 Å². The van der Waals surface area contributed by atoms with E-state index in [1.807, 2.05) is 0 Å². The van der Waals surface area contributed by atoms with Crippen molar-refractivity contribution in [3.63, 3.8) is 0 Å². The summed E-state index contributed by atoms with van der Waals surface area (Å²) in [5, 5.41) is 7.52. The van der Waals surface area contributed by atoms with E-state index in [1.54, 1.807) is 24.3 Å². The van der Waals surface area contributed by atoms with Gasteiger partial charge in [-0.2, -0.15) is 0 Å². The second kappa shape index (κ2) is 6.69. The molecule has 0 radical (unpaired) electrons. The molecule has 0 amide bonds. The highest BCUT2D eigenvalue weighted by Gasteiger charge is 2.11. The SMILES string of the molecule is O=C(/C=C/c1cccc(F)c1)OCc1nnc(-c2ccco2)o1. The highest BCUT2D eigenvalue weighted by Crippen LogP contribution is 2.18. The normalized spacial score (nSPS) is 11.0. The molecule has 6 nitrogen and oxygen atoms in total. The molecule has 0 saturated heterocycles. The Hall–Kier alpha value is -3.22. The molecule has 0 spiro atoms. The van der Waals surface area contributed by atoms with Crippen molar-refractivity contribution in [3.8, 4) is 11.7 Å². The summed E-state index contributed by atoms with van der Waals surface area (Å²) in [5.74, 6) is -0.204. The molecule has 3 aromatic rings. The standard InChI is InChI=1S/C16H11FN2O4/c17-12-4-1-3-11(9-12)6-7-15(20)22-10-14-18-19-16(23-14)13-5-2-8-21-13/h1-9H,10H2/b7-6+. The van der Waals surface area contributed by atoms with Crippen LogP contribution >= 0.6 is 0 Å². The summed E-state index contributed by atoms with van der Waals surface area (Å²) < 4.78 is 28.4. The molecule has 0 aliphatic heterocycles. The number of furan rings is 1. The van der Waals surface area contributed by atoms with E-state index in [2.05, 4.69) is 10.2 Å². The summed E-state index contributed by atoms with van der Waals surface area (Å²) >= 11 is 0. The fourth-order valence-corrected chi connectivity index (χ4v) is 1.77. The van der Waals surface area contributed by atoms with Crippen LogP contribution in [-0.4, -0.2) is 16.2 Å². The third-order valence-electron chi connectivity index (χ3n) is 2.80. The molecule has 0 saturated carbocycles. The van der Waals surface area contributed by atoms with E-state index in [4.69, 9.17) is 13.6 Å². The van der Waals surface area contributed by atoms with E-state index in [0.717, 1.165) is 0 Å². The Morgan fingerprint density at radius 3 is 2.96 bits per heavy atom. The first-order chi connectivity index (χ1) is 11.2. The highest BCUT2D eigenvalue weighted by molar-refractivity contribution is 5.86. The van der Waals surface area contributed by atoms with Crippen LogP contribution in [0.25, 0.3) is 17.7 Å². The third-order valence-corrected chi connectivity index (χ3v) is 2.80. The van der Waals surface area contributed by atoms with Crippen LogP contribution in [0, 0.1) is 5.82 Å². The van der Waals surface area contributed by atoms with E-state index in [9.17, 15) is 9.18 Å². The van der Waals surface area contributed by atoms with Gasteiger partial charge in [0.1, 0.15) is 5.82 Å². The van der Waals surface area contributed by atoms with Crippen molar-refractivity contribution in [2.75, 3.05) is 0 Å². The smallest absolute Gasteiger partial charge is 0.331 e. The molecule has 1 aromatic carbocycles. The van der Waals surface area contributed by atoms with Gasteiger partial charge in [-0.05, 0) is 35.9 Å². The van der Waals surface area contributed by atoms with Crippen LogP contribution in [0.15, 0.2) is 57.6 Å². The summed E-state index contributed by atoms with van der Waals surface area (Å²) in [4.78, 5) is 11.6. The number of carbonyl (C=O) groups excluding carboxylic acids is 1. The number of esters is 1. The molecule has 116 valence electrons. The van der Waals surface area contributed by atoms with Gasteiger partial charge < -0.3 is 13.6 Å². The lowest BCUT2D eigenvalue weighted by molar-refractivity contribution is -0.139. The van der Waals surface area contributed by atoms with E-state index in [-0.39, 0.29) is 24.2 Å². The molecule has 0 atom stereocenters. The van der Waals surface area contributed by atoms with Gasteiger partial charge in [-0.1, -0.05) is 12.1 Å². The van der Waals surface area contributed by atoms with Gasteiger partial charge >= 0.3 is 5.97 Å². The fourth-order valence-electron chi connectivity index (χ4n) is 1.77. The van der Waals surface area contributed by atoms with Gasteiger partial charge in [0.05, 0.1) is 6.26 Å². The number of hydrogen-bond donors (Lipinski definition) is 0. The Bertz CT molecular complexity index is 824. The van der Waals surface area contributed by atoms with E-state index >= 15 is 0 Å². The minimum absolute atomic E-state index is 0.143. The van der Waals surface area contributed by atoms with Crippen LogP contribution in [0.4, 0.5) is 4.39 Å². The van der Waals surface area contributed by atoms with Gasteiger partial charge in [0, 0.05) is 6.08 Å². The van der Waals surface area contributed by atoms with Gasteiger partial charge in [0.15, 0.2) is 12.4 Å². The van der Waals surface area contributed by atoms with E-state index in [0.29, 0.717) is 11.3 Å². The monoisotopic (exact) mass is 314 g/mol. The Balaban J connectivity index is 1.55. The molecule has 0 bridgehead atoms. The Kier molecular flexibility index (Phi) is 4.28. The molecule has 2 aromatic heterocycles. The number of halogens is 1. The summed E-state index contributed by atoms with van der Waals surface area (Å²) in [6.45, 7) is -0.167.